The molecule has 0 saturated heterocycles. The van der Waals surface area contributed by atoms with E-state index in [0.717, 1.165) is 38.9 Å². The minimum Gasteiger partial charge on any atom is -0.347 e. The van der Waals surface area contributed by atoms with Crippen molar-refractivity contribution in [2.24, 2.45) is 11.5 Å². The molecule has 0 unspecified atom stereocenters. The zero-order valence-electron chi connectivity index (χ0n) is 12.1. The zero-order chi connectivity index (χ0) is 13.8. The number of nitrogens with zero attached hydrogens (tertiary/aromatic N) is 1. The molecule has 2 aromatic rings. The van der Waals surface area contributed by atoms with Crippen LogP contribution in [0.4, 0.5) is 0 Å². The first-order chi connectivity index (χ1) is 9.17. The van der Waals surface area contributed by atoms with Crippen LogP contribution in [0.15, 0.2) is 18.3 Å². The highest BCUT2D eigenvalue weighted by atomic mass is 15.0. The Labute approximate surface area is 115 Å². The molecule has 1 aromatic heterocycles. The summed E-state index contributed by atoms with van der Waals surface area (Å²) in [6, 6.07) is 4.61. The first-order valence-electron chi connectivity index (χ1n) is 7.16. The summed E-state index contributed by atoms with van der Waals surface area (Å²) in [7, 11) is 0. The Morgan fingerprint density at radius 1 is 1.00 bits per heavy atom. The first kappa shape index (κ1) is 14.1. The van der Waals surface area contributed by atoms with Crippen LogP contribution in [0, 0.1) is 13.8 Å². The summed E-state index contributed by atoms with van der Waals surface area (Å²) in [5.74, 6) is 0. The maximum absolute atomic E-state index is 5.64. The molecule has 4 N–H and O–H groups in total. The van der Waals surface area contributed by atoms with Gasteiger partial charge in [-0.15, -0.1) is 0 Å². The van der Waals surface area contributed by atoms with Gasteiger partial charge in [-0.05, 0) is 75.0 Å². The van der Waals surface area contributed by atoms with Crippen molar-refractivity contribution in [1.82, 2.24) is 4.57 Å². The van der Waals surface area contributed by atoms with Crippen LogP contribution in [0.2, 0.25) is 0 Å². The van der Waals surface area contributed by atoms with Crippen LogP contribution in [0.1, 0.15) is 29.5 Å². The van der Waals surface area contributed by atoms with Crippen LogP contribution in [0.25, 0.3) is 10.9 Å². The number of hydrogen-bond acceptors (Lipinski definition) is 2. The van der Waals surface area contributed by atoms with Gasteiger partial charge in [0.25, 0.3) is 0 Å². The molecule has 0 amide bonds. The average molecular weight is 259 g/mol. The lowest BCUT2D eigenvalue weighted by Gasteiger charge is -2.06. The lowest BCUT2D eigenvalue weighted by molar-refractivity contribution is 0.667. The molecular weight excluding hydrogens is 234 g/mol. The molecule has 0 aliphatic rings. The Hall–Kier alpha value is -1.32. The van der Waals surface area contributed by atoms with Crippen LogP contribution < -0.4 is 11.5 Å². The van der Waals surface area contributed by atoms with Crippen molar-refractivity contribution in [3.8, 4) is 0 Å². The normalized spacial score (nSPS) is 11.4. The van der Waals surface area contributed by atoms with Gasteiger partial charge >= 0.3 is 0 Å². The summed E-state index contributed by atoms with van der Waals surface area (Å²) < 4.78 is 2.35. The summed E-state index contributed by atoms with van der Waals surface area (Å²) in [4.78, 5) is 0. The Balaban J connectivity index is 2.46. The highest BCUT2D eigenvalue weighted by Crippen LogP contribution is 2.26. The second-order valence-electron chi connectivity index (χ2n) is 5.34. The number of nitrogens with two attached hydrogens (primary N) is 2. The first-order valence-corrected chi connectivity index (χ1v) is 7.16. The van der Waals surface area contributed by atoms with E-state index >= 15 is 0 Å². The van der Waals surface area contributed by atoms with E-state index in [2.05, 4.69) is 36.7 Å². The standard InChI is InChI=1S/C16H25N3/c1-12-9-15-14(5-3-6-17)11-19(8-4-7-18)16(15)10-13(12)2/h9-11H,3-8,17-18H2,1-2H3. The van der Waals surface area contributed by atoms with E-state index in [9.17, 15) is 0 Å². The smallest absolute Gasteiger partial charge is 0.0486 e. The molecule has 0 radical (unpaired) electrons. The summed E-state index contributed by atoms with van der Waals surface area (Å²) in [5, 5.41) is 1.38. The van der Waals surface area contributed by atoms with Gasteiger partial charge in [-0.2, -0.15) is 0 Å². The topological polar surface area (TPSA) is 57.0 Å². The number of aromatic nitrogens is 1. The highest BCUT2D eigenvalue weighted by Gasteiger charge is 2.09. The Bertz CT molecular complexity index is 507. The maximum atomic E-state index is 5.64. The Morgan fingerprint density at radius 3 is 2.37 bits per heavy atom. The molecule has 19 heavy (non-hydrogen) atoms. The van der Waals surface area contributed by atoms with Crippen LogP contribution in [-0.2, 0) is 13.0 Å². The van der Waals surface area contributed by atoms with Crippen LogP contribution in [0.5, 0.6) is 0 Å². The number of hydrogen-bond donors (Lipinski definition) is 2. The maximum Gasteiger partial charge on any atom is 0.0486 e. The van der Waals surface area contributed by atoms with Crippen molar-refractivity contribution in [1.29, 1.82) is 0 Å². The second-order valence-corrected chi connectivity index (χ2v) is 5.34. The van der Waals surface area contributed by atoms with Crippen molar-refractivity contribution in [3.63, 3.8) is 0 Å². The SMILES string of the molecule is Cc1cc2c(CCCN)cn(CCCN)c2cc1C. The van der Waals surface area contributed by atoms with Gasteiger partial charge in [0.1, 0.15) is 0 Å². The number of fused-ring (bicyclic) bond motifs is 1. The minimum atomic E-state index is 0.739. The lowest BCUT2D eigenvalue weighted by Crippen LogP contribution is -2.05. The molecule has 3 nitrogen and oxygen atoms in total. The monoisotopic (exact) mass is 259 g/mol. The predicted octanol–water partition coefficient (Wildman–Crippen LogP) is 2.50. The molecule has 2 rings (SSSR count). The molecule has 0 aliphatic heterocycles. The van der Waals surface area contributed by atoms with Crippen LogP contribution in [-0.4, -0.2) is 17.7 Å². The van der Waals surface area contributed by atoms with E-state index in [4.69, 9.17) is 11.5 Å². The number of benzene rings is 1. The molecule has 1 aromatic carbocycles. The van der Waals surface area contributed by atoms with Crippen molar-refractivity contribution in [2.45, 2.75) is 39.7 Å². The number of rotatable bonds is 6. The Kier molecular flexibility index (Phi) is 4.61. The third kappa shape index (κ3) is 2.99. The lowest BCUT2D eigenvalue weighted by atomic mass is 10.0. The second kappa shape index (κ2) is 6.22. The van der Waals surface area contributed by atoms with Crippen molar-refractivity contribution < 1.29 is 0 Å². The number of aryl methyl sites for hydroxylation is 4. The fourth-order valence-electron chi connectivity index (χ4n) is 2.56. The van der Waals surface area contributed by atoms with Crippen molar-refractivity contribution >= 4 is 10.9 Å². The van der Waals surface area contributed by atoms with E-state index in [1.54, 1.807) is 0 Å². The molecule has 0 aliphatic carbocycles. The fraction of sp³-hybridized carbons (Fsp3) is 0.500. The van der Waals surface area contributed by atoms with E-state index in [1.807, 2.05) is 0 Å². The molecule has 0 spiro atoms. The van der Waals surface area contributed by atoms with Gasteiger partial charge in [0.2, 0.25) is 0 Å². The van der Waals surface area contributed by atoms with E-state index < -0.39 is 0 Å². The quantitative estimate of drug-likeness (QED) is 0.837. The summed E-state index contributed by atoms with van der Waals surface area (Å²) in [6.45, 7) is 6.84. The molecule has 104 valence electrons. The fourth-order valence-corrected chi connectivity index (χ4v) is 2.56. The third-order valence-corrected chi connectivity index (χ3v) is 3.83. The van der Waals surface area contributed by atoms with Gasteiger partial charge in [0, 0.05) is 23.6 Å². The van der Waals surface area contributed by atoms with Crippen LogP contribution in [0.3, 0.4) is 0 Å². The van der Waals surface area contributed by atoms with Gasteiger partial charge < -0.3 is 16.0 Å². The largest absolute Gasteiger partial charge is 0.347 e. The highest BCUT2D eigenvalue weighted by molar-refractivity contribution is 5.85. The van der Waals surface area contributed by atoms with Crippen molar-refractivity contribution in [2.75, 3.05) is 13.1 Å². The van der Waals surface area contributed by atoms with E-state index in [0.29, 0.717) is 0 Å². The van der Waals surface area contributed by atoms with Gasteiger partial charge in [0.05, 0.1) is 0 Å². The molecule has 0 bridgehead atoms. The molecule has 0 saturated carbocycles. The third-order valence-electron chi connectivity index (χ3n) is 3.83. The zero-order valence-corrected chi connectivity index (χ0v) is 12.1. The van der Waals surface area contributed by atoms with Gasteiger partial charge in [0.15, 0.2) is 0 Å². The molecule has 3 heteroatoms. The van der Waals surface area contributed by atoms with Gasteiger partial charge in [-0.1, -0.05) is 0 Å². The molecular formula is C16H25N3. The van der Waals surface area contributed by atoms with E-state index in [1.165, 1.54) is 27.6 Å². The predicted molar refractivity (Wildman–Crippen MR) is 82.5 cm³/mol. The van der Waals surface area contributed by atoms with Crippen molar-refractivity contribution in [3.05, 3.63) is 35.0 Å². The Morgan fingerprint density at radius 2 is 1.68 bits per heavy atom. The average Bonchev–Trinajstić information content (AvgIpc) is 2.72. The van der Waals surface area contributed by atoms with Gasteiger partial charge in [-0.25, -0.2) is 0 Å². The molecule has 0 fully saturated rings. The van der Waals surface area contributed by atoms with Gasteiger partial charge in [-0.3, -0.25) is 0 Å². The minimum absolute atomic E-state index is 0.739. The summed E-state index contributed by atoms with van der Waals surface area (Å²) in [6.07, 6.45) is 5.41. The van der Waals surface area contributed by atoms with E-state index in [-0.39, 0.29) is 0 Å². The summed E-state index contributed by atoms with van der Waals surface area (Å²) >= 11 is 0. The molecule has 1 heterocycles. The summed E-state index contributed by atoms with van der Waals surface area (Å²) in [5.41, 5.74) is 16.7. The van der Waals surface area contributed by atoms with Crippen LogP contribution >= 0.6 is 0 Å². The molecule has 0 atom stereocenters.